The highest BCUT2D eigenvalue weighted by Crippen LogP contribution is 2.32. The van der Waals surface area contributed by atoms with Crippen LogP contribution in [0.5, 0.6) is 11.5 Å². The highest BCUT2D eigenvalue weighted by atomic mass is 35.5. The number of ether oxygens (including phenoxy) is 2. The van der Waals surface area contributed by atoms with E-state index >= 15 is 0 Å². The fourth-order valence-corrected chi connectivity index (χ4v) is 2.92. The monoisotopic (exact) mass is 307 g/mol. The minimum absolute atomic E-state index is 0. The first-order valence-electron chi connectivity index (χ1n) is 7.17. The molecule has 0 saturated carbocycles. The first kappa shape index (κ1) is 15.9. The molecule has 0 bridgehead atoms. The van der Waals surface area contributed by atoms with Crippen LogP contribution in [0.15, 0.2) is 30.3 Å². The molecule has 0 amide bonds. The standard InChI is InChI=1S/C17H21NO2.ClH/c1-19-16-10-14-6-5-13(12-18-7-3-4-8-18)9-15(14)11-17(16)20-2;/h5-6,9-11H,3-4,7-8,12H2,1-2H3;1H. The number of hydrogen-bond donors (Lipinski definition) is 0. The topological polar surface area (TPSA) is 21.7 Å². The van der Waals surface area contributed by atoms with Crippen molar-refractivity contribution >= 4 is 23.2 Å². The van der Waals surface area contributed by atoms with Gasteiger partial charge in [0.1, 0.15) is 0 Å². The molecule has 1 heterocycles. The molecule has 3 rings (SSSR count). The van der Waals surface area contributed by atoms with E-state index in [1.165, 1.54) is 42.3 Å². The van der Waals surface area contributed by atoms with Gasteiger partial charge in [-0.2, -0.15) is 0 Å². The van der Waals surface area contributed by atoms with Crippen molar-refractivity contribution < 1.29 is 9.47 Å². The third-order valence-corrected chi connectivity index (χ3v) is 4.01. The van der Waals surface area contributed by atoms with Gasteiger partial charge in [-0.05, 0) is 60.5 Å². The van der Waals surface area contributed by atoms with Gasteiger partial charge in [0, 0.05) is 6.54 Å². The van der Waals surface area contributed by atoms with E-state index in [0.29, 0.717) is 0 Å². The van der Waals surface area contributed by atoms with Crippen LogP contribution in [-0.2, 0) is 6.54 Å². The predicted octanol–water partition coefficient (Wildman–Crippen LogP) is 3.87. The van der Waals surface area contributed by atoms with Crippen molar-refractivity contribution in [3.63, 3.8) is 0 Å². The quantitative estimate of drug-likeness (QED) is 0.856. The fourth-order valence-electron chi connectivity index (χ4n) is 2.92. The number of methoxy groups -OCH3 is 2. The van der Waals surface area contributed by atoms with Crippen molar-refractivity contribution in [2.45, 2.75) is 19.4 Å². The molecule has 0 N–H and O–H groups in total. The second kappa shape index (κ2) is 7.01. The van der Waals surface area contributed by atoms with Gasteiger partial charge in [-0.1, -0.05) is 12.1 Å². The van der Waals surface area contributed by atoms with E-state index in [2.05, 4.69) is 29.2 Å². The summed E-state index contributed by atoms with van der Waals surface area (Å²) in [5.41, 5.74) is 1.37. The third-order valence-electron chi connectivity index (χ3n) is 4.01. The van der Waals surface area contributed by atoms with Gasteiger partial charge in [0.05, 0.1) is 14.2 Å². The largest absolute Gasteiger partial charge is 0.493 e. The summed E-state index contributed by atoms with van der Waals surface area (Å²) < 4.78 is 10.7. The lowest BCUT2D eigenvalue weighted by Gasteiger charge is -2.15. The summed E-state index contributed by atoms with van der Waals surface area (Å²) in [6.45, 7) is 3.50. The number of likely N-dealkylation sites (tertiary alicyclic amines) is 1. The number of hydrogen-bond acceptors (Lipinski definition) is 3. The van der Waals surface area contributed by atoms with E-state index < -0.39 is 0 Å². The molecule has 1 fully saturated rings. The molecule has 0 atom stereocenters. The summed E-state index contributed by atoms with van der Waals surface area (Å²) in [5.74, 6) is 1.57. The first-order valence-corrected chi connectivity index (χ1v) is 7.17. The lowest BCUT2D eigenvalue weighted by molar-refractivity contribution is 0.331. The van der Waals surface area contributed by atoms with Gasteiger partial charge in [0.15, 0.2) is 11.5 Å². The molecular weight excluding hydrogens is 286 g/mol. The van der Waals surface area contributed by atoms with Gasteiger partial charge < -0.3 is 9.47 Å². The number of fused-ring (bicyclic) bond motifs is 1. The smallest absolute Gasteiger partial charge is 0.161 e. The summed E-state index contributed by atoms with van der Waals surface area (Å²) in [7, 11) is 3.35. The number of nitrogens with zero attached hydrogens (tertiary/aromatic N) is 1. The molecule has 114 valence electrons. The van der Waals surface area contributed by atoms with Gasteiger partial charge in [-0.3, -0.25) is 4.90 Å². The Morgan fingerprint density at radius 3 is 2.14 bits per heavy atom. The Labute approximate surface area is 132 Å². The first-order chi connectivity index (χ1) is 9.80. The molecule has 0 radical (unpaired) electrons. The molecule has 1 aliphatic heterocycles. The van der Waals surface area contributed by atoms with Gasteiger partial charge in [-0.15, -0.1) is 12.4 Å². The zero-order valence-corrected chi connectivity index (χ0v) is 13.4. The fraction of sp³-hybridized carbons (Fsp3) is 0.412. The Hall–Kier alpha value is -1.45. The van der Waals surface area contributed by atoms with Crippen LogP contribution < -0.4 is 9.47 Å². The van der Waals surface area contributed by atoms with Gasteiger partial charge in [0.2, 0.25) is 0 Å². The molecule has 0 aliphatic carbocycles. The normalized spacial score (nSPS) is 15.0. The lowest BCUT2D eigenvalue weighted by Crippen LogP contribution is -2.18. The van der Waals surface area contributed by atoms with Gasteiger partial charge >= 0.3 is 0 Å². The van der Waals surface area contributed by atoms with E-state index in [0.717, 1.165) is 18.0 Å². The van der Waals surface area contributed by atoms with Crippen LogP contribution >= 0.6 is 12.4 Å². The predicted molar refractivity (Wildman–Crippen MR) is 88.8 cm³/mol. The summed E-state index contributed by atoms with van der Waals surface area (Å²) >= 11 is 0. The van der Waals surface area contributed by atoms with Crippen molar-refractivity contribution in [1.82, 2.24) is 4.90 Å². The maximum atomic E-state index is 5.38. The van der Waals surface area contributed by atoms with Crippen LogP contribution in [0.4, 0.5) is 0 Å². The molecule has 21 heavy (non-hydrogen) atoms. The van der Waals surface area contributed by atoms with Gasteiger partial charge in [0.25, 0.3) is 0 Å². The summed E-state index contributed by atoms with van der Waals surface area (Å²) in [4.78, 5) is 2.52. The molecule has 0 aromatic heterocycles. The molecule has 1 saturated heterocycles. The third kappa shape index (κ3) is 3.42. The average Bonchev–Trinajstić information content (AvgIpc) is 2.98. The Morgan fingerprint density at radius 2 is 1.52 bits per heavy atom. The van der Waals surface area contributed by atoms with Crippen molar-refractivity contribution in [3.05, 3.63) is 35.9 Å². The second-order valence-electron chi connectivity index (χ2n) is 5.37. The lowest BCUT2D eigenvalue weighted by atomic mass is 10.1. The maximum absolute atomic E-state index is 5.38. The molecule has 0 unspecified atom stereocenters. The molecule has 2 aromatic carbocycles. The zero-order chi connectivity index (χ0) is 13.9. The van der Waals surface area contributed by atoms with Crippen molar-refractivity contribution in [1.29, 1.82) is 0 Å². The summed E-state index contributed by atoms with van der Waals surface area (Å²) in [5, 5.41) is 2.40. The molecular formula is C17H22ClNO2. The molecule has 4 heteroatoms. The van der Waals surface area contributed by atoms with Crippen LogP contribution in [0.2, 0.25) is 0 Å². The number of benzene rings is 2. The van der Waals surface area contributed by atoms with E-state index in [4.69, 9.17) is 9.47 Å². The number of halogens is 1. The SMILES string of the molecule is COc1cc2ccc(CN3CCCC3)cc2cc1OC.Cl. The highest BCUT2D eigenvalue weighted by molar-refractivity contribution is 5.86. The number of rotatable bonds is 4. The Kier molecular flexibility index (Phi) is 5.32. The van der Waals surface area contributed by atoms with E-state index in [1.807, 2.05) is 6.07 Å². The van der Waals surface area contributed by atoms with Crippen molar-refractivity contribution in [2.75, 3.05) is 27.3 Å². The van der Waals surface area contributed by atoms with Crippen molar-refractivity contribution in [3.8, 4) is 11.5 Å². The Balaban J connectivity index is 0.00000161. The molecule has 3 nitrogen and oxygen atoms in total. The van der Waals surface area contributed by atoms with Crippen LogP contribution in [-0.4, -0.2) is 32.2 Å². The summed E-state index contributed by atoms with van der Waals surface area (Å²) in [6.07, 6.45) is 2.66. The Bertz CT molecular complexity index is 609. The summed E-state index contributed by atoms with van der Waals surface area (Å²) in [6, 6.07) is 10.7. The van der Waals surface area contributed by atoms with Gasteiger partial charge in [-0.25, -0.2) is 0 Å². The molecule has 1 aliphatic rings. The van der Waals surface area contributed by atoms with E-state index in [9.17, 15) is 0 Å². The molecule has 2 aromatic rings. The van der Waals surface area contributed by atoms with Crippen molar-refractivity contribution in [2.24, 2.45) is 0 Å². The van der Waals surface area contributed by atoms with E-state index in [-0.39, 0.29) is 12.4 Å². The minimum atomic E-state index is 0. The average molecular weight is 308 g/mol. The minimum Gasteiger partial charge on any atom is -0.493 e. The van der Waals surface area contributed by atoms with Crippen LogP contribution in [0.25, 0.3) is 10.8 Å². The van der Waals surface area contributed by atoms with Crippen LogP contribution in [0.1, 0.15) is 18.4 Å². The maximum Gasteiger partial charge on any atom is 0.161 e. The zero-order valence-electron chi connectivity index (χ0n) is 12.6. The second-order valence-corrected chi connectivity index (χ2v) is 5.37. The highest BCUT2D eigenvalue weighted by Gasteiger charge is 2.12. The van der Waals surface area contributed by atoms with Crippen LogP contribution in [0.3, 0.4) is 0 Å². The molecule has 0 spiro atoms. The van der Waals surface area contributed by atoms with Crippen LogP contribution in [0, 0.1) is 0 Å². The Morgan fingerprint density at radius 1 is 0.905 bits per heavy atom. The van der Waals surface area contributed by atoms with E-state index in [1.54, 1.807) is 14.2 Å².